The van der Waals surface area contributed by atoms with Crippen molar-refractivity contribution in [1.29, 1.82) is 0 Å². The first-order valence-electron chi connectivity index (χ1n) is 6.96. The number of rotatable bonds is 8. The van der Waals surface area contributed by atoms with Crippen LogP contribution >= 0.6 is 0 Å². The van der Waals surface area contributed by atoms with Crippen molar-refractivity contribution in [2.24, 2.45) is 0 Å². The Labute approximate surface area is 127 Å². The lowest BCUT2D eigenvalue weighted by molar-refractivity contribution is -0.142. The van der Waals surface area contributed by atoms with Gasteiger partial charge in [0.2, 0.25) is 0 Å². The normalized spacial score (nSPS) is 14.3. The van der Waals surface area contributed by atoms with Crippen LogP contribution in [0.5, 0.6) is 11.5 Å². The first-order chi connectivity index (χ1) is 10.5. The van der Waals surface area contributed by atoms with Gasteiger partial charge in [0.05, 0.1) is 20.8 Å². The lowest BCUT2D eigenvalue weighted by atomic mass is 10.2. The molecule has 0 aliphatic heterocycles. The third kappa shape index (κ3) is 4.56. The van der Waals surface area contributed by atoms with Crippen molar-refractivity contribution < 1.29 is 27.8 Å². The second-order valence-electron chi connectivity index (χ2n) is 5.08. The summed E-state index contributed by atoms with van der Waals surface area (Å²) in [6.45, 7) is -2.17. The van der Waals surface area contributed by atoms with Gasteiger partial charge in [-0.25, -0.2) is 0 Å². The molecule has 22 heavy (non-hydrogen) atoms. The summed E-state index contributed by atoms with van der Waals surface area (Å²) in [5.41, 5.74) is 0.856. The van der Waals surface area contributed by atoms with Crippen LogP contribution in [-0.2, 0) is 16.1 Å². The summed E-state index contributed by atoms with van der Waals surface area (Å²) in [7, 11) is 2.75. The third-order valence-electron chi connectivity index (χ3n) is 3.45. The molecule has 0 heterocycles. The van der Waals surface area contributed by atoms with E-state index in [1.807, 2.05) is 4.90 Å². The second-order valence-corrected chi connectivity index (χ2v) is 5.08. The number of esters is 1. The maximum Gasteiger partial charge on any atom is 0.387 e. The first kappa shape index (κ1) is 16.5. The van der Waals surface area contributed by atoms with Crippen molar-refractivity contribution in [2.75, 3.05) is 20.8 Å². The van der Waals surface area contributed by atoms with Crippen LogP contribution in [0.2, 0.25) is 0 Å². The fourth-order valence-corrected chi connectivity index (χ4v) is 2.22. The van der Waals surface area contributed by atoms with Crippen molar-refractivity contribution in [3.8, 4) is 11.5 Å². The lowest BCUT2D eigenvalue weighted by Gasteiger charge is -2.21. The fourth-order valence-electron chi connectivity index (χ4n) is 2.22. The topological polar surface area (TPSA) is 48.0 Å². The average molecular weight is 315 g/mol. The van der Waals surface area contributed by atoms with Crippen LogP contribution in [0, 0.1) is 0 Å². The van der Waals surface area contributed by atoms with E-state index in [2.05, 4.69) is 4.74 Å². The largest absolute Gasteiger partial charge is 0.493 e. The first-order valence-corrected chi connectivity index (χ1v) is 6.96. The van der Waals surface area contributed by atoms with Gasteiger partial charge in [-0.2, -0.15) is 8.78 Å². The molecule has 0 saturated heterocycles. The number of nitrogens with zero attached hydrogens (tertiary/aromatic N) is 1. The summed E-state index contributed by atoms with van der Waals surface area (Å²) in [6, 6.07) is 5.14. The molecule has 1 saturated carbocycles. The van der Waals surface area contributed by atoms with Crippen LogP contribution in [0.15, 0.2) is 18.2 Å². The zero-order valence-corrected chi connectivity index (χ0v) is 12.6. The summed E-state index contributed by atoms with van der Waals surface area (Å²) in [6.07, 6.45) is 2.08. The van der Waals surface area contributed by atoms with Crippen molar-refractivity contribution in [3.63, 3.8) is 0 Å². The van der Waals surface area contributed by atoms with E-state index in [0.717, 1.165) is 18.4 Å². The van der Waals surface area contributed by atoms with Crippen LogP contribution in [0.3, 0.4) is 0 Å². The molecular formula is C15H19F2NO4. The Kier molecular flexibility index (Phi) is 5.54. The number of alkyl halides is 2. The van der Waals surface area contributed by atoms with Gasteiger partial charge in [-0.1, -0.05) is 6.07 Å². The smallest absolute Gasteiger partial charge is 0.387 e. The van der Waals surface area contributed by atoms with Crippen LogP contribution in [0.25, 0.3) is 0 Å². The van der Waals surface area contributed by atoms with Gasteiger partial charge in [-0.15, -0.1) is 0 Å². The molecule has 0 unspecified atom stereocenters. The number of methoxy groups -OCH3 is 2. The summed E-state index contributed by atoms with van der Waals surface area (Å²) < 4.78 is 38.8. The number of halogens is 2. The van der Waals surface area contributed by atoms with E-state index in [1.165, 1.54) is 20.3 Å². The fraction of sp³-hybridized carbons (Fsp3) is 0.533. The molecule has 1 aromatic carbocycles. The number of carbonyl (C=O) groups is 1. The standard InChI is InChI=1S/C15H19F2NO4/c1-20-13-7-10(3-6-12(13)22-15(16)17)8-18(11-4-5-11)9-14(19)21-2/h3,6-7,11,15H,4-5,8-9H2,1-2H3. The molecule has 5 nitrogen and oxygen atoms in total. The monoisotopic (exact) mass is 315 g/mol. The zero-order valence-electron chi connectivity index (χ0n) is 12.6. The Hall–Kier alpha value is -1.89. The molecule has 0 atom stereocenters. The molecule has 0 bridgehead atoms. The molecule has 1 aromatic rings. The van der Waals surface area contributed by atoms with Crippen LogP contribution < -0.4 is 9.47 Å². The molecular weight excluding hydrogens is 296 g/mol. The van der Waals surface area contributed by atoms with E-state index in [9.17, 15) is 13.6 Å². The molecule has 0 N–H and O–H groups in total. The van der Waals surface area contributed by atoms with E-state index in [0.29, 0.717) is 12.6 Å². The molecule has 7 heteroatoms. The minimum atomic E-state index is -2.90. The summed E-state index contributed by atoms with van der Waals surface area (Å²) >= 11 is 0. The molecule has 1 aliphatic carbocycles. The van der Waals surface area contributed by atoms with Crippen molar-refractivity contribution in [2.45, 2.75) is 32.0 Å². The maximum absolute atomic E-state index is 12.3. The predicted molar refractivity (Wildman–Crippen MR) is 75.1 cm³/mol. The lowest BCUT2D eigenvalue weighted by Crippen LogP contribution is -2.32. The SMILES string of the molecule is COC(=O)CN(Cc1ccc(OC(F)F)c(OC)c1)C1CC1. The predicted octanol–water partition coefficient (Wildman–Crippen LogP) is 2.43. The second kappa shape index (κ2) is 7.40. The maximum atomic E-state index is 12.3. The number of benzene rings is 1. The van der Waals surface area contributed by atoms with E-state index in [4.69, 9.17) is 9.47 Å². The molecule has 1 fully saturated rings. The Balaban J connectivity index is 2.08. The third-order valence-corrected chi connectivity index (χ3v) is 3.45. The highest BCUT2D eigenvalue weighted by Gasteiger charge is 2.30. The van der Waals surface area contributed by atoms with E-state index >= 15 is 0 Å². The number of carbonyl (C=O) groups excluding carboxylic acids is 1. The quantitative estimate of drug-likeness (QED) is 0.690. The minimum absolute atomic E-state index is 0.00723. The van der Waals surface area contributed by atoms with E-state index < -0.39 is 6.61 Å². The van der Waals surface area contributed by atoms with Gasteiger partial charge < -0.3 is 14.2 Å². The molecule has 2 rings (SSSR count). The van der Waals surface area contributed by atoms with Gasteiger partial charge in [0.25, 0.3) is 0 Å². The molecule has 122 valence electrons. The van der Waals surface area contributed by atoms with Crippen molar-refractivity contribution in [1.82, 2.24) is 4.90 Å². The molecule has 0 aromatic heterocycles. The highest BCUT2D eigenvalue weighted by molar-refractivity contribution is 5.71. The number of hydrogen-bond donors (Lipinski definition) is 0. The Morgan fingerprint density at radius 3 is 2.59 bits per heavy atom. The summed E-state index contributed by atoms with van der Waals surface area (Å²) in [5, 5.41) is 0. The molecule has 1 aliphatic rings. The van der Waals surface area contributed by atoms with Gasteiger partial charge in [0.1, 0.15) is 0 Å². The Morgan fingerprint density at radius 2 is 2.05 bits per heavy atom. The van der Waals surface area contributed by atoms with Crippen LogP contribution in [-0.4, -0.2) is 44.3 Å². The van der Waals surface area contributed by atoms with Gasteiger partial charge >= 0.3 is 12.6 Å². The van der Waals surface area contributed by atoms with Gasteiger partial charge in [-0.05, 0) is 30.5 Å². The van der Waals surface area contributed by atoms with Crippen molar-refractivity contribution >= 4 is 5.97 Å². The number of hydrogen-bond acceptors (Lipinski definition) is 5. The molecule has 0 spiro atoms. The Morgan fingerprint density at radius 1 is 1.32 bits per heavy atom. The zero-order chi connectivity index (χ0) is 16.1. The van der Waals surface area contributed by atoms with E-state index in [1.54, 1.807) is 12.1 Å². The number of ether oxygens (including phenoxy) is 3. The summed E-state index contributed by atoms with van der Waals surface area (Å²) in [4.78, 5) is 13.5. The van der Waals surface area contributed by atoms with Crippen LogP contribution in [0.4, 0.5) is 8.78 Å². The molecule has 0 amide bonds. The van der Waals surface area contributed by atoms with Gasteiger partial charge in [0.15, 0.2) is 11.5 Å². The minimum Gasteiger partial charge on any atom is -0.493 e. The Bertz CT molecular complexity index is 520. The highest BCUT2D eigenvalue weighted by atomic mass is 19.3. The molecule has 0 radical (unpaired) electrons. The van der Waals surface area contributed by atoms with E-state index in [-0.39, 0.29) is 24.0 Å². The van der Waals surface area contributed by atoms with Gasteiger partial charge in [-0.3, -0.25) is 9.69 Å². The highest BCUT2D eigenvalue weighted by Crippen LogP contribution is 2.32. The van der Waals surface area contributed by atoms with Gasteiger partial charge in [0, 0.05) is 12.6 Å². The van der Waals surface area contributed by atoms with Crippen molar-refractivity contribution in [3.05, 3.63) is 23.8 Å². The summed E-state index contributed by atoms with van der Waals surface area (Å²) in [5.74, 6) is -0.0599. The van der Waals surface area contributed by atoms with Crippen LogP contribution in [0.1, 0.15) is 18.4 Å². The average Bonchev–Trinajstić information content (AvgIpc) is 3.32.